The summed E-state index contributed by atoms with van der Waals surface area (Å²) in [5.41, 5.74) is 0. The van der Waals surface area contributed by atoms with Crippen LogP contribution in [0.1, 0.15) is 0 Å². The molecule has 0 heterocycles. The second kappa shape index (κ2) is 4.37. The number of nitrogens with zero attached hydrogens (tertiary/aromatic N) is 1. The molecule has 0 radical (unpaired) electrons. The maximum absolute atomic E-state index is 10.2. The van der Waals surface area contributed by atoms with E-state index >= 15 is 0 Å². The highest BCUT2D eigenvalue weighted by Crippen LogP contribution is 1.70. The van der Waals surface area contributed by atoms with Crippen LogP contribution < -0.4 is 0 Å². The van der Waals surface area contributed by atoms with Gasteiger partial charge in [-0.1, -0.05) is 0 Å². The highest BCUT2D eigenvalue weighted by Gasteiger charge is 1.85. The van der Waals surface area contributed by atoms with Crippen LogP contribution >= 0.6 is 0 Å². The van der Waals surface area contributed by atoms with E-state index in [1.54, 1.807) is 0 Å². The monoisotopic (exact) mass is 145 g/mol. The predicted octanol–water partition coefficient (Wildman–Crippen LogP) is -0.230. The van der Waals surface area contributed by atoms with Crippen LogP contribution in [-0.2, 0) is 9.63 Å². The van der Waals surface area contributed by atoms with Crippen molar-refractivity contribution in [3.8, 4) is 0 Å². The summed E-state index contributed by atoms with van der Waals surface area (Å²) in [5.74, 6) is -1.11. The third kappa shape index (κ3) is 4.63. The van der Waals surface area contributed by atoms with Crippen LogP contribution in [0.15, 0.2) is 12.2 Å². The molecule has 5 nitrogen and oxygen atoms in total. The van der Waals surface area contributed by atoms with Crippen LogP contribution in [0.2, 0.25) is 0 Å². The van der Waals surface area contributed by atoms with Crippen LogP contribution in [0.25, 0.3) is 0 Å². The molecular formula is C5H7NO4. The third-order valence-electron chi connectivity index (χ3n) is 0.627. The lowest BCUT2D eigenvalue weighted by Gasteiger charge is -1.91. The van der Waals surface area contributed by atoms with Crippen molar-refractivity contribution in [2.75, 3.05) is 7.11 Å². The summed E-state index contributed by atoms with van der Waals surface area (Å²) < 4.78 is 0. The minimum Gasteiger partial charge on any atom is -0.478 e. The molecule has 0 aliphatic carbocycles. The van der Waals surface area contributed by atoms with E-state index in [0.717, 1.165) is 18.4 Å². The van der Waals surface area contributed by atoms with E-state index in [-0.39, 0.29) is 4.90 Å². The molecule has 0 atom stereocenters. The molecule has 0 rings (SSSR count). The SMILES string of the molecule is CO/[N+]([O-])=C\C=C\C(=O)O. The van der Waals surface area contributed by atoms with Crippen molar-refractivity contribution in [1.82, 2.24) is 0 Å². The molecule has 10 heavy (non-hydrogen) atoms. The number of carbonyl (C=O) groups is 1. The zero-order valence-electron chi connectivity index (χ0n) is 5.35. The first-order valence-electron chi connectivity index (χ1n) is 2.41. The fourth-order valence-electron chi connectivity index (χ4n) is 0.256. The van der Waals surface area contributed by atoms with Crippen molar-refractivity contribution < 1.29 is 19.6 Å². The molecule has 0 unspecified atom stereocenters. The van der Waals surface area contributed by atoms with Crippen molar-refractivity contribution in [2.24, 2.45) is 0 Å². The Kier molecular flexibility index (Phi) is 3.70. The number of aliphatic carboxylic acids is 1. The fraction of sp³-hybridized carbons (Fsp3) is 0.200. The van der Waals surface area contributed by atoms with E-state index in [9.17, 15) is 10.0 Å². The smallest absolute Gasteiger partial charge is 0.328 e. The van der Waals surface area contributed by atoms with Gasteiger partial charge >= 0.3 is 5.97 Å². The van der Waals surface area contributed by atoms with E-state index in [4.69, 9.17) is 5.11 Å². The average Bonchev–Trinajstić information content (AvgIpc) is 1.87. The molecule has 0 aliphatic rings. The van der Waals surface area contributed by atoms with E-state index in [1.807, 2.05) is 0 Å². The van der Waals surface area contributed by atoms with Gasteiger partial charge in [0.25, 0.3) is 0 Å². The van der Waals surface area contributed by atoms with Crippen molar-refractivity contribution in [1.29, 1.82) is 0 Å². The van der Waals surface area contributed by atoms with E-state index in [0.29, 0.717) is 0 Å². The normalized spacial score (nSPS) is 11.9. The highest BCUT2D eigenvalue weighted by atomic mass is 16.8. The van der Waals surface area contributed by atoms with Crippen LogP contribution in [0.3, 0.4) is 0 Å². The van der Waals surface area contributed by atoms with Gasteiger partial charge in [0.2, 0.25) is 6.21 Å². The van der Waals surface area contributed by atoms with Gasteiger partial charge in [0.1, 0.15) is 0 Å². The molecule has 0 spiro atoms. The molecular weight excluding hydrogens is 138 g/mol. The first-order chi connectivity index (χ1) is 4.66. The van der Waals surface area contributed by atoms with Crippen LogP contribution in [-0.4, -0.2) is 29.3 Å². The summed E-state index contributed by atoms with van der Waals surface area (Å²) in [7, 11) is 1.18. The molecule has 0 aromatic carbocycles. The minimum absolute atomic E-state index is 0.138. The number of hydrogen-bond acceptors (Lipinski definition) is 3. The standard InChI is InChI=1S/C5H7NO4/c1-10-6(9)4-2-3-5(7)8/h2-4H,1H3,(H,7,8)/b3-2+,6-4-. The molecule has 0 fully saturated rings. The molecule has 56 valence electrons. The maximum atomic E-state index is 10.2. The molecule has 1 N–H and O–H groups in total. The number of allylic oxidation sites excluding steroid dienone is 1. The quantitative estimate of drug-likeness (QED) is 0.257. The van der Waals surface area contributed by atoms with Gasteiger partial charge in [-0.25, -0.2) is 4.79 Å². The summed E-state index contributed by atoms with van der Waals surface area (Å²) in [5, 5.41) is 18.2. The largest absolute Gasteiger partial charge is 0.478 e. The number of hydrogen-bond donors (Lipinski definition) is 1. The topological polar surface area (TPSA) is 72.6 Å². The van der Waals surface area contributed by atoms with Gasteiger partial charge in [0.05, 0.1) is 0 Å². The molecule has 0 aliphatic heterocycles. The summed E-state index contributed by atoms with van der Waals surface area (Å²) >= 11 is 0. The van der Waals surface area contributed by atoms with E-state index in [2.05, 4.69) is 4.84 Å². The number of rotatable bonds is 3. The van der Waals surface area contributed by atoms with Crippen LogP contribution in [0, 0.1) is 5.21 Å². The van der Waals surface area contributed by atoms with E-state index in [1.165, 1.54) is 7.11 Å². The van der Waals surface area contributed by atoms with Crippen molar-refractivity contribution >= 4 is 12.2 Å². The van der Waals surface area contributed by atoms with Gasteiger partial charge in [-0.15, -0.1) is 0 Å². The number of carboxylic acid groups (broad SMARTS) is 1. The van der Waals surface area contributed by atoms with Gasteiger partial charge in [-0.2, -0.15) is 0 Å². The summed E-state index contributed by atoms with van der Waals surface area (Å²) in [4.78, 5) is 14.0. The summed E-state index contributed by atoms with van der Waals surface area (Å²) in [6, 6.07) is 0. The van der Waals surface area contributed by atoms with Gasteiger partial charge in [0.15, 0.2) is 0 Å². The Morgan fingerprint density at radius 1 is 1.80 bits per heavy atom. The molecule has 0 saturated carbocycles. The van der Waals surface area contributed by atoms with Gasteiger partial charge < -0.3 is 9.94 Å². The van der Waals surface area contributed by atoms with Gasteiger partial charge in [0, 0.05) is 24.2 Å². The lowest BCUT2D eigenvalue weighted by Crippen LogP contribution is -2.00. The molecule has 0 amide bonds. The Bertz CT molecular complexity index is 172. The van der Waals surface area contributed by atoms with Crippen LogP contribution in [0.5, 0.6) is 0 Å². The summed E-state index contributed by atoms with van der Waals surface area (Å²) in [6.45, 7) is 0. The predicted molar refractivity (Wildman–Crippen MR) is 33.5 cm³/mol. The molecule has 0 aromatic rings. The molecule has 5 heteroatoms. The zero-order chi connectivity index (χ0) is 7.98. The van der Waals surface area contributed by atoms with Crippen LogP contribution in [0.4, 0.5) is 0 Å². The Morgan fingerprint density at radius 3 is 2.80 bits per heavy atom. The second-order valence-electron chi connectivity index (χ2n) is 1.31. The third-order valence-corrected chi connectivity index (χ3v) is 0.627. The number of carboxylic acids is 1. The van der Waals surface area contributed by atoms with Crippen molar-refractivity contribution in [3.05, 3.63) is 17.4 Å². The summed E-state index contributed by atoms with van der Waals surface area (Å²) in [6.07, 6.45) is 2.83. The van der Waals surface area contributed by atoms with Gasteiger partial charge in [-0.05, 0) is 0 Å². The van der Waals surface area contributed by atoms with E-state index < -0.39 is 5.97 Å². The maximum Gasteiger partial charge on any atom is 0.328 e. The molecule has 0 aromatic heterocycles. The Morgan fingerprint density at radius 2 is 2.40 bits per heavy atom. The lowest BCUT2D eigenvalue weighted by atomic mass is 10.5. The average molecular weight is 145 g/mol. The van der Waals surface area contributed by atoms with Crippen molar-refractivity contribution in [3.63, 3.8) is 0 Å². The lowest BCUT2D eigenvalue weighted by molar-refractivity contribution is -0.729. The Balaban J connectivity index is 3.82. The first kappa shape index (κ1) is 8.48. The Labute approximate surface area is 57.4 Å². The minimum atomic E-state index is -1.11. The Hall–Kier alpha value is -1.52. The first-order valence-corrected chi connectivity index (χ1v) is 2.41. The molecule has 0 bridgehead atoms. The fourth-order valence-corrected chi connectivity index (χ4v) is 0.256. The highest BCUT2D eigenvalue weighted by molar-refractivity contribution is 5.85. The molecule has 0 saturated heterocycles. The van der Waals surface area contributed by atoms with Crippen molar-refractivity contribution in [2.45, 2.75) is 0 Å². The van der Waals surface area contributed by atoms with Gasteiger partial charge in [-0.3, -0.25) is 5.21 Å². The zero-order valence-corrected chi connectivity index (χ0v) is 5.35. The second-order valence-corrected chi connectivity index (χ2v) is 1.31.